The summed E-state index contributed by atoms with van der Waals surface area (Å²) in [5, 5.41) is 4.64. The average molecular weight is 347 g/mol. The first-order chi connectivity index (χ1) is 11.0. The Morgan fingerprint density at radius 2 is 2.13 bits per heavy atom. The quantitative estimate of drug-likeness (QED) is 0.787. The SMILES string of the molecule is Cc1cccc(S(=O)(=O)n2ccc(NC(=O)c3nccs3)c2)c1. The third-order valence-corrected chi connectivity index (χ3v) is 5.52. The first kappa shape index (κ1) is 15.4. The van der Waals surface area contributed by atoms with Gasteiger partial charge in [0.15, 0.2) is 5.01 Å². The van der Waals surface area contributed by atoms with Gasteiger partial charge in [-0.3, -0.25) is 4.79 Å². The number of amides is 1. The number of rotatable bonds is 4. The molecule has 0 spiro atoms. The molecule has 118 valence electrons. The number of aromatic nitrogens is 2. The Morgan fingerprint density at radius 3 is 2.83 bits per heavy atom. The van der Waals surface area contributed by atoms with Crippen LogP contribution in [0.5, 0.6) is 0 Å². The number of hydrogen-bond acceptors (Lipinski definition) is 5. The zero-order chi connectivity index (χ0) is 16.4. The largest absolute Gasteiger partial charge is 0.319 e. The zero-order valence-corrected chi connectivity index (χ0v) is 13.8. The summed E-state index contributed by atoms with van der Waals surface area (Å²) in [5.41, 5.74) is 1.25. The van der Waals surface area contributed by atoms with Crippen molar-refractivity contribution >= 4 is 33.0 Å². The second-order valence-electron chi connectivity index (χ2n) is 4.84. The number of carbonyl (C=O) groups is 1. The molecular formula is C15H13N3O3S2. The average Bonchev–Trinajstić information content (AvgIpc) is 3.18. The summed E-state index contributed by atoms with van der Waals surface area (Å²) in [6, 6.07) is 8.18. The predicted molar refractivity (Wildman–Crippen MR) is 88.3 cm³/mol. The van der Waals surface area contributed by atoms with Crippen LogP contribution < -0.4 is 5.32 Å². The molecule has 2 aromatic heterocycles. The van der Waals surface area contributed by atoms with Crippen molar-refractivity contribution in [1.82, 2.24) is 8.96 Å². The number of nitrogens with zero attached hydrogens (tertiary/aromatic N) is 2. The van der Waals surface area contributed by atoms with Gasteiger partial charge in [-0.2, -0.15) is 0 Å². The highest BCUT2D eigenvalue weighted by molar-refractivity contribution is 7.90. The fourth-order valence-corrected chi connectivity index (χ4v) is 3.85. The predicted octanol–water partition coefficient (Wildman–Crippen LogP) is 2.74. The maximum absolute atomic E-state index is 12.6. The van der Waals surface area contributed by atoms with Gasteiger partial charge in [-0.25, -0.2) is 17.4 Å². The van der Waals surface area contributed by atoms with Gasteiger partial charge in [0.2, 0.25) is 0 Å². The Bertz CT molecular complexity index is 944. The second kappa shape index (κ2) is 5.98. The van der Waals surface area contributed by atoms with Crippen LogP contribution in [-0.2, 0) is 10.0 Å². The van der Waals surface area contributed by atoms with E-state index in [2.05, 4.69) is 10.3 Å². The first-order valence-electron chi connectivity index (χ1n) is 6.68. The van der Waals surface area contributed by atoms with Crippen LogP contribution in [0.3, 0.4) is 0 Å². The molecule has 0 aliphatic heterocycles. The number of aryl methyl sites for hydroxylation is 1. The third-order valence-electron chi connectivity index (χ3n) is 3.12. The maximum Gasteiger partial charge on any atom is 0.284 e. The van der Waals surface area contributed by atoms with E-state index in [1.54, 1.807) is 17.5 Å². The fourth-order valence-electron chi connectivity index (χ4n) is 2.02. The molecule has 0 aliphatic carbocycles. The summed E-state index contributed by atoms with van der Waals surface area (Å²) in [5.74, 6) is -0.370. The van der Waals surface area contributed by atoms with Crippen LogP contribution in [0, 0.1) is 6.92 Å². The van der Waals surface area contributed by atoms with Crippen molar-refractivity contribution < 1.29 is 13.2 Å². The smallest absolute Gasteiger partial charge is 0.284 e. The monoisotopic (exact) mass is 347 g/mol. The lowest BCUT2D eigenvalue weighted by Crippen LogP contribution is -2.12. The van der Waals surface area contributed by atoms with Crippen LogP contribution in [0.4, 0.5) is 5.69 Å². The van der Waals surface area contributed by atoms with Crippen molar-refractivity contribution in [2.24, 2.45) is 0 Å². The van der Waals surface area contributed by atoms with Crippen molar-refractivity contribution in [3.63, 3.8) is 0 Å². The Morgan fingerprint density at radius 1 is 1.30 bits per heavy atom. The van der Waals surface area contributed by atoms with E-state index in [4.69, 9.17) is 0 Å². The molecule has 0 saturated heterocycles. The number of thiazole rings is 1. The lowest BCUT2D eigenvalue weighted by atomic mass is 10.2. The second-order valence-corrected chi connectivity index (χ2v) is 7.58. The van der Waals surface area contributed by atoms with Crippen LogP contribution >= 0.6 is 11.3 Å². The van der Waals surface area contributed by atoms with Crippen LogP contribution in [0.2, 0.25) is 0 Å². The molecule has 0 unspecified atom stereocenters. The minimum Gasteiger partial charge on any atom is -0.319 e. The lowest BCUT2D eigenvalue weighted by molar-refractivity contribution is 0.102. The molecule has 3 rings (SSSR count). The lowest BCUT2D eigenvalue weighted by Gasteiger charge is -2.06. The standard InChI is InChI=1S/C15H13N3O3S2/c1-11-3-2-4-13(9-11)23(20,21)18-7-5-12(10-18)17-14(19)15-16-6-8-22-15/h2-10H,1H3,(H,17,19). The highest BCUT2D eigenvalue weighted by Crippen LogP contribution is 2.19. The topological polar surface area (TPSA) is 81.1 Å². The number of hydrogen-bond donors (Lipinski definition) is 1. The number of anilines is 1. The van der Waals surface area contributed by atoms with Gasteiger partial charge in [0.05, 0.1) is 10.6 Å². The molecule has 3 aromatic rings. The third kappa shape index (κ3) is 3.17. The van der Waals surface area contributed by atoms with Gasteiger partial charge in [-0.1, -0.05) is 12.1 Å². The first-order valence-corrected chi connectivity index (χ1v) is 9.00. The molecule has 0 fully saturated rings. The van der Waals surface area contributed by atoms with E-state index < -0.39 is 10.0 Å². The van der Waals surface area contributed by atoms with Gasteiger partial charge in [-0.05, 0) is 30.7 Å². The van der Waals surface area contributed by atoms with Crippen LogP contribution in [0.15, 0.2) is 59.2 Å². The van der Waals surface area contributed by atoms with Crippen LogP contribution in [0.1, 0.15) is 15.4 Å². The number of nitrogens with one attached hydrogen (secondary N) is 1. The van der Waals surface area contributed by atoms with E-state index in [9.17, 15) is 13.2 Å². The van der Waals surface area contributed by atoms with Crippen molar-refractivity contribution in [1.29, 1.82) is 0 Å². The van der Waals surface area contributed by atoms with Gasteiger partial charge in [-0.15, -0.1) is 11.3 Å². The Hall–Kier alpha value is -2.45. The molecule has 0 radical (unpaired) electrons. The van der Waals surface area contributed by atoms with Gasteiger partial charge in [0.1, 0.15) is 0 Å². The molecule has 0 bridgehead atoms. The Kier molecular flexibility index (Phi) is 4.01. The van der Waals surface area contributed by atoms with Crippen molar-refractivity contribution in [2.45, 2.75) is 11.8 Å². The molecule has 0 saturated carbocycles. The highest BCUT2D eigenvalue weighted by atomic mass is 32.2. The van der Waals surface area contributed by atoms with E-state index in [1.165, 1.54) is 42.1 Å². The van der Waals surface area contributed by atoms with Gasteiger partial charge in [0.25, 0.3) is 15.9 Å². The summed E-state index contributed by atoms with van der Waals surface area (Å²) in [4.78, 5) is 16.0. The molecule has 23 heavy (non-hydrogen) atoms. The summed E-state index contributed by atoms with van der Waals surface area (Å²) in [7, 11) is -3.68. The molecule has 0 atom stereocenters. The highest BCUT2D eigenvalue weighted by Gasteiger charge is 2.17. The fraction of sp³-hybridized carbons (Fsp3) is 0.0667. The van der Waals surface area contributed by atoms with Crippen molar-refractivity contribution in [2.75, 3.05) is 5.32 Å². The maximum atomic E-state index is 12.6. The van der Waals surface area contributed by atoms with E-state index in [0.29, 0.717) is 10.7 Å². The summed E-state index contributed by atoms with van der Waals surface area (Å²) < 4.78 is 26.2. The van der Waals surface area contributed by atoms with Gasteiger partial charge in [0, 0.05) is 24.0 Å². The molecule has 0 aliphatic rings. The molecule has 6 nitrogen and oxygen atoms in total. The van der Waals surface area contributed by atoms with Crippen LogP contribution in [-0.4, -0.2) is 23.3 Å². The molecule has 2 heterocycles. The summed E-state index contributed by atoms with van der Waals surface area (Å²) in [6.45, 7) is 1.83. The minimum absolute atomic E-state index is 0.200. The minimum atomic E-state index is -3.68. The van der Waals surface area contributed by atoms with E-state index in [0.717, 1.165) is 9.54 Å². The van der Waals surface area contributed by atoms with E-state index in [1.807, 2.05) is 13.0 Å². The zero-order valence-electron chi connectivity index (χ0n) is 12.1. The molecule has 1 amide bonds. The van der Waals surface area contributed by atoms with E-state index >= 15 is 0 Å². The van der Waals surface area contributed by atoms with Gasteiger partial charge < -0.3 is 5.32 Å². The van der Waals surface area contributed by atoms with Crippen molar-refractivity contribution in [3.8, 4) is 0 Å². The van der Waals surface area contributed by atoms with Crippen molar-refractivity contribution in [3.05, 3.63) is 64.9 Å². The number of carbonyl (C=O) groups excluding carboxylic acids is 1. The Balaban J connectivity index is 1.85. The Labute approximate surface area is 137 Å². The summed E-state index contributed by atoms with van der Waals surface area (Å²) >= 11 is 1.21. The summed E-state index contributed by atoms with van der Waals surface area (Å²) in [6.07, 6.45) is 4.30. The number of benzene rings is 1. The molecule has 1 aromatic carbocycles. The van der Waals surface area contributed by atoms with Crippen LogP contribution in [0.25, 0.3) is 0 Å². The van der Waals surface area contributed by atoms with E-state index in [-0.39, 0.29) is 10.8 Å². The molecule has 8 heteroatoms. The molecule has 1 N–H and O–H groups in total. The normalized spacial score (nSPS) is 11.3. The van der Waals surface area contributed by atoms with Gasteiger partial charge >= 0.3 is 0 Å². The molecular weight excluding hydrogens is 334 g/mol.